The molecular weight excluding hydrogens is 321 g/mol. The highest BCUT2D eigenvalue weighted by Crippen LogP contribution is 2.19. The van der Waals surface area contributed by atoms with Crippen LogP contribution in [-0.2, 0) is 11.3 Å². The molecule has 130 valence electrons. The summed E-state index contributed by atoms with van der Waals surface area (Å²) in [7, 11) is 0. The Labute approximate surface area is 144 Å². The van der Waals surface area contributed by atoms with Gasteiger partial charge in [-0.3, -0.25) is 9.36 Å². The SMILES string of the molecule is CC(CC(=O)NCCn1c(=O)[nH]c2ccccc21)c1ccc(F)cc1. The second-order valence-corrected chi connectivity index (χ2v) is 6.11. The minimum Gasteiger partial charge on any atom is -0.354 e. The van der Waals surface area contributed by atoms with E-state index in [1.54, 1.807) is 16.7 Å². The maximum Gasteiger partial charge on any atom is 0.326 e. The summed E-state index contributed by atoms with van der Waals surface area (Å²) in [5.74, 6) is -0.384. The highest BCUT2D eigenvalue weighted by molar-refractivity contribution is 5.77. The molecule has 5 nitrogen and oxygen atoms in total. The number of halogens is 1. The molecule has 1 amide bonds. The lowest BCUT2D eigenvalue weighted by molar-refractivity contribution is -0.121. The molecule has 3 aromatic rings. The molecule has 3 rings (SSSR count). The number of fused-ring (bicyclic) bond motifs is 1. The summed E-state index contributed by atoms with van der Waals surface area (Å²) in [6, 6.07) is 13.6. The van der Waals surface area contributed by atoms with Gasteiger partial charge in [0.05, 0.1) is 11.0 Å². The Morgan fingerprint density at radius 3 is 2.68 bits per heavy atom. The van der Waals surface area contributed by atoms with Gasteiger partial charge in [-0.25, -0.2) is 9.18 Å². The number of rotatable bonds is 6. The van der Waals surface area contributed by atoms with Crippen molar-refractivity contribution < 1.29 is 9.18 Å². The van der Waals surface area contributed by atoms with Crippen molar-refractivity contribution >= 4 is 16.9 Å². The van der Waals surface area contributed by atoms with Crippen LogP contribution in [0.5, 0.6) is 0 Å². The number of carbonyl (C=O) groups excluding carboxylic acids is 1. The van der Waals surface area contributed by atoms with Gasteiger partial charge in [0.2, 0.25) is 5.91 Å². The normalized spacial score (nSPS) is 12.2. The van der Waals surface area contributed by atoms with Crippen molar-refractivity contribution in [3.05, 3.63) is 70.4 Å². The third kappa shape index (κ3) is 3.96. The number of nitrogens with zero attached hydrogens (tertiary/aromatic N) is 1. The second kappa shape index (κ2) is 7.34. The first-order valence-corrected chi connectivity index (χ1v) is 8.24. The third-order valence-electron chi connectivity index (χ3n) is 4.27. The van der Waals surface area contributed by atoms with E-state index in [9.17, 15) is 14.0 Å². The quantitative estimate of drug-likeness (QED) is 0.724. The van der Waals surface area contributed by atoms with Gasteiger partial charge in [0, 0.05) is 19.5 Å². The van der Waals surface area contributed by atoms with Crippen molar-refractivity contribution in [3.8, 4) is 0 Å². The van der Waals surface area contributed by atoms with Crippen molar-refractivity contribution in [3.63, 3.8) is 0 Å². The Morgan fingerprint density at radius 2 is 1.92 bits per heavy atom. The monoisotopic (exact) mass is 341 g/mol. The van der Waals surface area contributed by atoms with E-state index in [0.717, 1.165) is 16.6 Å². The van der Waals surface area contributed by atoms with E-state index in [1.807, 2.05) is 31.2 Å². The van der Waals surface area contributed by atoms with Gasteiger partial charge in [0.15, 0.2) is 0 Å². The molecule has 0 saturated heterocycles. The molecule has 0 spiro atoms. The first-order valence-electron chi connectivity index (χ1n) is 8.24. The molecule has 6 heteroatoms. The van der Waals surface area contributed by atoms with E-state index in [1.165, 1.54) is 12.1 Å². The van der Waals surface area contributed by atoms with Gasteiger partial charge in [0.25, 0.3) is 0 Å². The summed E-state index contributed by atoms with van der Waals surface area (Å²) in [5, 5.41) is 2.84. The number of imidazole rings is 1. The van der Waals surface area contributed by atoms with Crippen LogP contribution >= 0.6 is 0 Å². The summed E-state index contributed by atoms with van der Waals surface area (Å²) in [6.45, 7) is 2.70. The van der Waals surface area contributed by atoms with Crippen molar-refractivity contribution in [1.29, 1.82) is 0 Å². The minimum atomic E-state index is -0.287. The van der Waals surface area contributed by atoms with Crippen molar-refractivity contribution in [2.24, 2.45) is 0 Å². The Balaban J connectivity index is 1.54. The fraction of sp³-hybridized carbons (Fsp3) is 0.263. The lowest BCUT2D eigenvalue weighted by atomic mass is 9.97. The molecule has 1 atom stereocenters. The average molecular weight is 341 g/mol. The Bertz CT molecular complexity index is 928. The lowest BCUT2D eigenvalue weighted by Gasteiger charge is -2.12. The van der Waals surface area contributed by atoms with Crippen molar-refractivity contribution in [2.75, 3.05) is 6.54 Å². The third-order valence-corrected chi connectivity index (χ3v) is 4.27. The van der Waals surface area contributed by atoms with E-state index in [0.29, 0.717) is 19.5 Å². The summed E-state index contributed by atoms with van der Waals surface area (Å²) in [5.41, 5.74) is 2.34. The minimum absolute atomic E-state index is 0.00332. The predicted octanol–water partition coefficient (Wildman–Crippen LogP) is 2.78. The highest BCUT2D eigenvalue weighted by Gasteiger charge is 2.12. The maximum atomic E-state index is 12.9. The number of para-hydroxylation sites is 2. The molecular formula is C19H20FN3O2. The Kier molecular flexibility index (Phi) is 4.97. The van der Waals surface area contributed by atoms with Gasteiger partial charge in [-0.05, 0) is 35.7 Å². The topological polar surface area (TPSA) is 66.9 Å². The van der Waals surface area contributed by atoms with Crippen LogP contribution in [0, 0.1) is 5.82 Å². The number of amides is 1. The van der Waals surface area contributed by atoms with E-state index in [4.69, 9.17) is 0 Å². The number of hydrogen-bond acceptors (Lipinski definition) is 2. The first kappa shape index (κ1) is 17.0. The van der Waals surface area contributed by atoms with Gasteiger partial charge < -0.3 is 10.3 Å². The van der Waals surface area contributed by atoms with Crippen LogP contribution in [0.15, 0.2) is 53.3 Å². The highest BCUT2D eigenvalue weighted by atomic mass is 19.1. The number of nitrogens with one attached hydrogen (secondary N) is 2. The lowest BCUT2D eigenvalue weighted by Crippen LogP contribution is -2.30. The zero-order valence-electron chi connectivity index (χ0n) is 14.0. The number of carbonyl (C=O) groups is 1. The molecule has 0 aliphatic heterocycles. The predicted molar refractivity (Wildman–Crippen MR) is 95.0 cm³/mol. The molecule has 2 N–H and O–H groups in total. The van der Waals surface area contributed by atoms with Crippen LogP contribution in [0.4, 0.5) is 4.39 Å². The molecule has 1 aromatic heterocycles. The molecule has 0 aliphatic carbocycles. The molecule has 0 radical (unpaired) electrons. The van der Waals surface area contributed by atoms with Crippen LogP contribution in [0.1, 0.15) is 24.8 Å². The molecule has 0 fully saturated rings. The molecule has 0 bridgehead atoms. The fourth-order valence-electron chi connectivity index (χ4n) is 2.90. The fourth-order valence-corrected chi connectivity index (χ4v) is 2.90. The summed E-state index contributed by atoms with van der Waals surface area (Å²) in [4.78, 5) is 26.8. The number of hydrogen-bond donors (Lipinski definition) is 2. The van der Waals surface area contributed by atoms with Crippen molar-refractivity contribution in [1.82, 2.24) is 14.9 Å². The molecule has 1 heterocycles. The van der Waals surface area contributed by atoms with Crippen LogP contribution in [0.25, 0.3) is 11.0 Å². The smallest absolute Gasteiger partial charge is 0.326 e. The van der Waals surface area contributed by atoms with Crippen LogP contribution in [0.3, 0.4) is 0 Å². The van der Waals surface area contributed by atoms with E-state index >= 15 is 0 Å². The molecule has 0 aliphatic rings. The molecule has 2 aromatic carbocycles. The summed E-state index contributed by atoms with van der Waals surface area (Å²) < 4.78 is 14.6. The van der Waals surface area contributed by atoms with Crippen LogP contribution < -0.4 is 11.0 Å². The zero-order chi connectivity index (χ0) is 17.8. The standard InChI is InChI=1S/C19H20FN3O2/c1-13(14-6-8-15(20)9-7-14)12-18(24)21-10-11-23-17-5-3-2-4-16(17)22-19(23)25/h2-9,13H,10-12H2,1H3,(H,21,24)(H,22,25). The zero-order valence-corrected chi connectivity index (χ0v) is 14.0. The Morgan fingerprint density at radius 1 is 1.20 bits per heavy atom. The van der Waals surface area contributed by atoms with Gasteiger partial charge in [-0.1, -0.05) is 31.2 Å². The number of aromatic amines is 1. The summed E-state index contributed by atoms with van der Waals surface area (Å²) in [6.07, 6.45) is 0.314. The largest absolute Gasteiger partial charge is 0.354 e. The molecule has 0 saturated carbocycles. The second-order valence-electron chi connectivity index (χ2n) is 6.11. The maximum absolute atomic E-state index is 12.9. The molecule has 25 heavy (non-hydrogen) atoms. The van der Waals surface area contributed by atoms with E-state index < -0.39 is 0 Å². The average Bonchev–Trinajstić information content (AvgIpc) is 2.91. The number of aromatic nitrogens is 2. The van der Waals surface area contributed by atoms with Crippen LogP contribution in [0.2, 0.25) is 0 Å². The Hall–Kier alpha value is -2.89. The van der Waals surface area contributed by atoms with Gasteiger partial charge in [-0.2, -0.15) is 0 Å². The van der Waals surface area contributed by atoms with Crippen molar-refractivity contribution in [2.45, 2.75) is 25.8 Å². The van der Waals surface area contributed by atoms with E-state index in [2.05, 4.69) is 10.3 Å². The van der Waals surface area contributed by atoms with Gasteiger partial charge in [-0.15, -0.1) is 0 Å². The molecule has 1 unspecified atom stereocenters. The van der Waals surface area contributed by atoms with Gasteiger partial charge >= 0.3 is 5.69 Å². The van der Waals surface area contributed by atoms with E-state index in [-0.39, 0.29) is 23.3 Å². The van der Waals surface area contributed by atoms with Crippen LogP contribution in [-0.4, -0.2) is 22.0 Å². The van der Waals surface area contributed by atoms with Gasteiger partial charge in [0.1, 0.15) is 5.82 Å². The summed E-state index contributed by atoms with van der Waals surface area (Å²) >= 11 is 0. The number of H-pyrrole nitrogens is 1. The first-order chi connectivity index (χ1) is 12.0. The number of benzene rings is 2.